The lowest BCUT2D eigenvalue weighted by Gasteiger charge is -2.31. The highest BCUT2D eigenvalue weighted by atomic mass is 32.2. The fraction of sp³-hybridized carbons (Fsp3) is 0.476. The van der Waals surface area contributed by atoms with E-state index in [-0.39, 0.29) is 24.4 Å². The van der Waals surface area contributed by atoms with Crippen molar-refractivity contribution in [3.05, 3.63) is 35.7 Å². The average Bonchev–Trinajstić information content (AvgIpc) is 3.18. The molecular weight excluding hydrogens is 420 g/mol. The number of thioether (sulfide) groups is 1. The minimum Gasteiger partial charge on any atom is -0.466 e. The van der Waals surface area contributed by atoms with E-state index in [1.165, 1.54) is 11.8 Å². The lowest BCUT2D eigenvalue weighted by atomic mass is 9.98. The van der Waals surface area contributed by atoms with Crippen LogP contribution in [-0.2, 0) is 19.1 Å². The van der Waals surface area contributed by atoms with Gasteiger partial charge in [-0.3, -0.25) is 14.2 Å². The zero-order valence-electron chi connectivity index (χ0n) is 17.9. The van der Waals surface area contributed by atoms with Crippen molar-refractivity contribution in [3.63, 3.8) is 0 Å². The number of nitrogens with zero attached hydrogens (tertiary/aromatic N) is 4. The Morgan fingerprint density at radius 2 is 1.90 bits per heavy atom. The predicted molar refractivity (Wildman–Crippen MR) is 114 cm³/mol. The van der Waals surface area contributed by atoms with Crippen LogP contribution in [0.25, 0.3) is 5.69 Å². The summed E-state index contributed by atoms with van der Waals surface area (Å²) in [5, 5.41) is 8.92. The Kier molecular flexibility index (Phi) is 7.67. The Labute approximate surface area is 185 Å². The number of carbonyl (C=O) groups excluding carboxylic acids is 3. The topological polar surface area (TPSA) is 104 Å². The van der Waals surface area contributed by atoms with Gasteiger partial charge in [-0.05, 0) is 57.2 Å². The molecule has 9 nitrogen and oxygen atoms in total. The van der Waals surface area contributed by atoms with E-state index < -0.39 is 5.97 Å². The summed E-state index contributed by atoms with van der Waals surface area (Å²) in [5.41, 5.74) is 1.17. The van der Waals surface area contributed by atoms with Gasteiger partial charge in [-0.1, -0.05) is 11.8 Å². The Morgan fingerprint density at radius 1 is 1.16 bits per heavy atom. The summed E-state index contributed by atoms with van der Waals surface area (Å²) < 4.78 is 12.1. The molecule has 1 aromatic heterocycles. The van der Waals surface area contributed by atoms with Gasteiger partial charge in [-0.25, -0.2) is 4.79 Å². The molecule has 0 bridgehead atoms. The number of carbonyl (C=O) groups is 3. The smallest absolute Gasteiger partial charge is 0.338 e. The Bertz CT molecular complexity index is 944. The third-order valence-corrected chi connectivity index (χ3v) is 5.69. The monoisotopic (exact) mass is 446 g/mol. The summed E-state index contributed by atoms with van der Waals surface area (Å²) in [6.07, 6.45) is 3.32. The molecule has 2 aromatic rings. The van der Waals surface area contributed by atoms with Crippen molar-refractivity contribution in [1.82, 2.24) is 19.7 Å². The van der Waals surface area contributed by atoms with E-state index in [9.17, 15) is 14.4 Å². The van der Waals surface area contributed by atoms with Crippen molar-refractivity contribution >= 4 is 29.6 Å². The lowest BCUT2D eigenvalue weighted by molar-refractivity contribution is -0.151. The molecule has 0 spiro atoms. The van der Waals surface area contributed by atoms with Crippen molar-refractivity contribution in [2.24, 2.45) is 5.92 Å². The molecular formula is C21H26N4O5S. The van der Waals surface area contributed by atoms with Gasteiger partial charge in [0.15, 0.2) is 11.8 Å². The van der Waals surface area contributed by atoms with Crippen molar-refractivity contribution in [1.29, 1.82) is 0 Å². The van der Waals surface area contributed by atoms with Crippen LogP contribution in [0, 0.1) is 12.8 Å². The highest BCUT2D eigenvalue weighted by Gasteiger charge is 2.29. The lowest BCUT2D eigenvalue weighted by Crippen LogP contribution is -2.44. The highest BCUT2D eigenvalue weighted by molar-refractivity contribution is 7.98. The van der Waals surface area contributed by atoms with Crippen LogP contribution in [0.4, 0.5) is 0 Å². The van der Waals surface area contributed by atoms with E-state index in [2.05, 4.69) is 10.2 Å². The number of piperidine rings is 1. The maximum Gasteiger partial charge on any atom is 0.338 e. The summed E-state index contributed by atoms with van der Waals surface area (Å²) >= 11 is 1.48. The van der Waals surface area contributed by atoms with Gasteiger partial charge in [-0.15, -0.1) is 10.2 Å². The summed E-state index contributed by atoms with van der Waals surface area (Å²) in [6, 6.07) is 6.85. The number of likely N-dealkylation sites (tertiary alicyclic amines) is 1. The second-order valence-corrected chi connectivity index (χ2v) is 7.90. The van der Waals surface area contributed by atoms with Gasteiger partial charge in [0.1, 0.15) is 5.82 Å². The Morgan fingerprint density at radius 3 is 2.58 bits per heavy atom. The number of hydrogen-bond donors (Lipinski definition) is 0. The fourth-order valence-corrected chi connectivity index (χ4v) is 4.02. The second kappa shape index (κ2) is 10.4. The number of aromatic nitrogens is 3. The summed E-state index contributed by atoms with van der Waals surface area (Å²) in [6.45, 7) is 4.39. The largest absolute Gasteiger partial charge is 0.466 e. The van der Waals surface area contributed by atoms with Gasteiger partial charge in [-0.2, -0.15) is 0 Å². The summed E-state index contributed by atoms with van der Waals surface area (Å²) in [7, 11) is 0. The first-order chi connectivity index (χ1) is 14.9. The van der Waals surface area contributed by atoms with E-state index >= 15 is 0 Å². The van der Waals surface area contributed by atoms with Gasteiger partial charge in [0.25, 0.3) is 5.91 Å². The zero-order valence-corrected chi connectivity index (χ0v) is 18.7. The molecule has 0 radical (unpaired) electrons. The molecule has 0 N–H and O–H groups in total. The first-order valence-corrected chi connectivity index (χ1v) is 11.3. The maximum atomic E-state index is 12.5. The van der Waals surface area contributed by atoms with Gasteiger partial charge in [0.05, 0.1) is 18.1 Å². The van der Waals surface area contributed by atoms with Crippen LogP contribution < -0.4 is 0 Å². The van der Waals surface area contributed by atoms with Gasteiger partial charge >= 0.3 is 11.9 Å². The minimum absolute atomic E-state index is 0.287. The molecule has 0 saturated carbocycles. The molecule has 1 aromatic carbocycles. The van der Waals surface area contributed by atoms with Crippen molar-refractivity contribution < 1.29 is 23.9 Å². The molecule has 166 valence electrons. The fourth-order valence-electron chi connectivity index (χ4n) is 3.48. The Hall–Kier alpha value is -2.88. The van der Waals surface area contributed by atoms with Crippen molar-refractivity contribution in [2.75, 3.05) is 32.6 Å². The maximum absolute atomic E-state index is 12.5. The number of amides is 1. The molecule has 0 aliphatic carbocycles. The third kappa shape index (κ3) is 5.43. The zero-order chi connectivity index (χ0) is 22.4. The predicted octanol–water partition coefficient (Wildman–Crippen LogP) is 2.26. The van der Waals surface area contributed by atoms with E-state index in [4.69, 9.17) is 9.47 Å². The molecule has 1 unspecified atom stereocenters. The summed E-state index contributed by atoms with van der Waals surface area (Å²) in [4.78, 5) is 38.3. The van der Waals surface area contributed by atoms with Gasteiger partial charge < -0.3 is 14.4 Å². The first kappa shape index (κ1) is 22.8. The van der Waals surface area contributed by atoms with Crippen LogP contribution in [-0.4, -0.2) is 70.1 Å². The van der Waals surface area contributed by atoms with Crippen LogP contribution in [0.5, 0.6) is 0 Å². The Balaban J connectivity index is 1.56. The number of hydrogen-bond acceptors (Lipinski definition) is 8. The minimum atomic E-state index is -0.579. The quantitative estimate of drug-likeness (QED) is 0.471. The first-order valence-electron chi connectivity index (χ1n) is 10.1. The number of aryl methyl sites for hydroxylation is 1. The molecule has 1 aliphatic heterocycles. The van der Waals surface area contributed by atoms with Crippen molar-refractivity contribution in [3.8, 4) is 5.69 Å². The molecule has 1 aliphatic rings. The molecule has 1 fully saturated rings. The normalized spacial score (nSPS) is 16.1. The second-order valence-electron chi connectivity index (χ2n) is 7.12. The number of ether oxygens (including phenoxy) is 2. The average molecular weight is 447 g/mol. The van der Waals surface area contributed by atoms with Crippen molar-refractivity contribution in [2.45, 2.75) is 31.8 Å². The number of rotatable bonds is 7. The van der Waals surface area contributed by atoms with Gasteiger partial charge in [0.2, 0.25) is 0 Å². The van der Waals surface area contributed by atoms with Crippen LogP contribution in [0.1, 0.15) is 35.9 Å². The van der Waals surface area contributed by atoms with Crippen LogP contribution >= 0.6 is 11.8 Å². The number of esters is 2. The molecule has 10 heteroatoms. The molecule has 1 amide bonds. The SMILES string of the molecule is CCOC(=O)C1CCCN(C(=O)COC(=O)c2ccc(-n3c(C)nnc3SC)cc2)C1. The molecule has 3 rings (SSSR count). The van der Waals surface area contributed by atoms with Crippen LogP contribution in [0.3, 0.4) is 0 Å². The van der Waals surface area contributed by atoms with E-state index in [0.29, 0.717) is 38.1 Å². The molecule has 2 heterocycles. The number of benzene rings is 1. The van der Waals surface area contributed by atoms with E-state index in [1.807, 2.05) is 17.7 Å². The highest BCUT2D eigenvalue weighted by Crippen LogP contribution is 2.21. The summed E-state index contributed by atoms with van der Waals surface area (Å²) in [5.74, 6) is -0.765. The van der Waals surface area contributed by atoms with E-state index in [0.717, 1.165) is 16.7 Å². The molecule has 31 heavy (non-hydrogen) atoms. The van der Waals surface area contributed by atoms with Gasteiger partial charge in [0, 0.05) is 18.8 Å². The molecule has 1 atom stereocenters. The molecule has 1 saturated heterocycles. The van der Waals surface area contributed by atoms with E-state index in [1.54, 1.807) is 36.1 Å². The third-order valence-electron chi connectivity index (χ3n) is 5.06. The standard InChI is InChI=1S/C21H26N4O5S/c1-4-29-20(28)16-6-5-11-24(12-16)18(26)13-30-19(27)15-7-9-17(10-8-15)25-14(2)22-23-21(25)31-3/h7-10,16H,4-6,11-13H2,1-3H3. The van der Waals surface area contributed by atoms with Crippen LogP contribution in [0.15, 0.2) is 29.4 Å². The van der Waals surface area contributed by atoms with Crippen LogP contribution in [0.2, 0.25) is 0 Å².